The fourth-order valence-electron chi connectivity index (χ4n) is 2.00. The van der Waals surface area contributed by atoms with Gasteiger partial charge in [0.2, 0.25) is 5.91 Å². The molecule has 0 fully saturated rings. The molecule has 0 bridgehead atoms. The van der Waals surface area contributed by atoms with E-state index in [2.05, 4.69) is 20.9 Å². The first-order valence-electron chi connectivity index (χ1n) is 7.99. The predicted octanol–water partition coefficient (Wildman–Crippen LogP) is 2.53. The second kappa shape index (κ2) is 8.73. The lowest BCUT2D eigenvalue weighted by Crippen LogP contribution is -2.47. The predicted molar refractivity (Wildman–Crippen MR) is 92.1 cm³/mol. The van der Waals surface area contributed by atoms with Gasteiger partial charge in [0, 0.05) is 26.7 Å². The molecule has 1 aromatic carbocycles. The van der Waals surface area contributed by atoms with Gasteiger partial charge in [-0.2, -0.15) is 13.2 Å². The van der Waals surface area contributed by atoms with Crippen LogP contribution in [0, 0.1) is 5.41 Å². The number of alkyl halides is 3. The Labute approximate surface area is 146 Å². The number of carbonyl (C=O) groups excluding carboxylic acids is 1. The van der Waals surface area contributed by atoms with Gasteiger partial charge < -0.3 is 16.0 Å². The van der Waals surface area contributed by atoms with Crippen LogP contribution >= 0.6 is 0 Å². The molecule has 0 unspecified atom stereocenters. The number of nitrogens with zero attached hydrogens (tertiary/aromatic N) is 1. The summed E-state index contributed by atoms with van der Waals surface area (Å²) in [6.07, 6.45) is -4.34. The smallest absolute Gasteiger partial charge is 0.356 e. The number of rotatable bonds is 6. The monoisotopic (exact) mass is 358 g/mol. The van der Waals surface area contributed by atoms with Crippen LogP contribution in [0.25, 0.3) is 0 Å². The Balaban J connectivity index is 2.56. The average Bonchev–Trinajstić information content (AvgIpc) is 2.54. The second-order valence-electron chi connectivity index (χ2n) is 6.22. The first-order valence-corrected chi connectivity index (χ1v) is 7.99. The van der Waals surface area contributed by atoms with Crippen molar-refractivity contribution < 1.29 is 18.0 Å². The standard InChI is InChI=1S/C17H25F3N4O/c1-5-22-14(25)16(2,3)11-24-15(21-4)23-10-12-6-8-13(9-7-12)17(18,19)20/h6-9H,5,10-11H2,1-4H3,(H,22,25)(H2,21,23,24). The van der Waals surface area contributed by atoms with Gasteiger partial charge >= 0.3 is 6.18 Å². The largest absolute Gasteiger partial charge is 0.416 e. The topological polar surface area (TPSA) is 65.5 Å². The fourth-order valence-corrected chi connectivity index (χ4v) is 2.00. The maximum Gasteiger partial charge on any atom is 0.416 e. The van der Waals surface area contributed by atoms with Crippen molar-refractivity contribution in [3.8, 4) is 0 Å². The van der Waals surface area contributed by atoms with Gasteiger partial charge in [0.25, 0.3) is 0 Å². The van der Waals surface area contributed by atoms with Gasteiger partial charge in [-0.25, -0.2) is 0 Å². The number of hydrogen-bond acceptors (Lipinski definition) is 2. The van der Waals surface area contributed by atoms with E-state index in [0.717, 1.165) is 12.1 Å². The minimum Gasteiger partial charge on any atom is -0.356 e. The van der Waals surface area contributed by atoms with Crippen molar-refractivity contribution >= 4 is 11.9 Å². The number of amides is 1. The summed E-state index contributed by atoms with van der Waals surface area (Å²) >= 11 is 0. The van der Waals surface area contributed by atoms with Gasteiger partial charge in [-0.05, 0) is 38.5 Å². The van der Waals surface area contributed by atoms with Crippen molar-refractivity contribution in [3.05, 3.63) is 35.4 Å². The summed E-state index contributed by atoms with van der Waals surface area (Å²) in [6.45, 7) is 6.72. The summed E-state index contributed by atoms with van der Waals surface area (Å²) in [5.74, 6) is 0.401. The van der Waals surface area contributed by atoms with Crippen LogP contribution in [-0.2, 0) is 17.5 Å². The summed E-state index contributed by atoms with van der Waals surface area (Å²) in [7, 11) is 1.58. The summed E-state index contributed by atoms with van der Waals surface area (Å²) in [4.78, 5) is 16.0. The number of benzene rings is 1. The second-order valence-corrected chi connectivity index (χ2v) is 6.22. The third-order valence-electron chi connectivity index (χ3n) is 3.61. The van der Waals surface area contributed by atoms with Gasteiger partial charge in [0.05, 0.1) is 11.0 Å². The Bertz CT molecular complexity index is 595. The van der Waals surface area contributed by atoms with E-state index >= 15 is 0 Å². The number of aliphatic imine (C=N–C) groups is 1. The summed E-state index contributed by atoms with van der Waals surface area (Å²) in [5, 5.41) is 8.84. The molecule has 1 amide bonds. The Morgan fingerprint density at radius 2 is 1.68 bits per heavy atom. The van der Waals surface area contributed by atoms with Crippen molar-refractivity contribution in [2.75, 3.05) is 20.1 Å². The van der Waals surface area contributed by atoms with E-state index in [-0.39, 0.29) is 5.91 Å². The number of nitrogens with one attached hydrogen (secondary N) is 3. The zero-order valence-electron chi connectivity index (χ0n) is 14.9. The Morgan fingerprint density at radius 1 is 1.08 bits per heavy atom. The van der Waals surface area contributed by atoms with Gasteiger partial charge in [-0.15, -0.1) is 0 Å². The zero-order valence-corrected chi connectivity index (χ0v) is 14.9. The molecule has 0 aromatic heterocycles. The number of hydrogen-bond donors (Lipinski definition) is 3. The van der Waals surface area contributed by atoms with E-state index in [1.165, 1.54) is 12.1 Å². The highest BCUT2D eigenvalue weighted by atomic mass is 19.4. The Morgan fingerprint density at radius 3 is 2.16 bits per heavy atom. The van der Waals surface area contributed by atoms with Crippen LogP contribution < -0.4 is 16.0 Å². The van der Waals surface area contributed by atoms with Gasteiger partial charge in [0.1, 0.15) is 0 Å². The molecule has 0 heterocycles. The Hall–Kier alpha value is -2.25. The van der Waals surface area contributed by atoms with Crippen molar-refractivity contribution in [2.24, 2.45) is 10.4 Å². The van der Waals surface area contributed by atoms with E-state index in [9.17, 15) is 18.0 Å². The van der Waals surface area contributed by atoms with Crippen molar-refractivity contribution in [1.29, 1.82) is 0 Å². The molecule has 1 rings (SSSR count). The first kappa shape index (κ1) is 20.8. The highest BCUT2D eigenvalue weighted by molar-refractivity contribution is 5.84. The maximum atomic E-state index is 12.5. The van der Waals surface area contributed by atoms with Gasteiger partial charge in [-0.1, -0.05) is 12.1 Å². The lowest BCUT2D eigenvalue weighted by Gasteiger charge is -2.24. The van der Waals surface area contributed by atoms with Crippen molar-refractivity contribution in [3.63, 3.8) is 0 Å². The molecule has 8 heteroatoms. The van der Waals surface area contributed by atoms with E-state index in [1.807, 2.05) is 20.8 Å². The molecule has 0 aliphatic heterocycles. The lowest BCUT2D eigenvalue weighted by atomic mass is 9.92. The highest BCUT2D eigenvalue weighted by Crippen LogP contribution is 2.29. The van der Waals surface area contributed by atoms with E-state index in [1.54, 1.807) is 7.05 Å². The molecular formula is C17H25F3N4O. The lowest BCUT2D eigenvalue weighted by molar-refractivity contribution is -0.137. The molecule has 0 aliphatic rings. The highest BCUT2D eigenvalue weighted by Gasteiger charge is 2.30. The third-order valence-corrected chi connectivity index (χ3v) is 3.61. The van der Waals surface area contributed by atoms with Gasteiger partial charge in [0.15, 0.2) is 5.96 Å². The molecule has 0 spiro atoms. The molecular weight excluding hydrogens is 333 g/mol. The maximum absolute atomic E-state index is 12.5. The molecule has 5 nitrogen and oxygen atoms in total. The summed E-state index contributed by atoms with van der Waals surface area (Å²) in [6, 6.07) is 4.93. The van der Waals surface area contributed by atoms with Crippen LogP contribution in [0.4, 0.5) is 13.2 Å². The molecule has 3 N–H and O–H groups in total. The van der Waals surface area contributed by atoms with E-state index < -0.39 is 17.2 Å². The van der Waals surface area contributed by atoms with Crippen LogP contribution in [0.5, 0.6) is 0 Å². The van der Waals surface area contributed by atoms with Crippen molar-refractivity contribution in [1.82, 2.24) is 16.0 Å². The minimum atomic E-state index is -4.34. The number of carbonyl (C=O) groups is 1. The first-order chi connectivity index (χ1) is 11.6. The molecule has 0 radical (unpaired) electrons. The Kier molecular flexibility index (Phi) is 7.26. The molecule has 0 saturated heterocycles. The fraction of sp³-hybridized carbons (Fsp3) is 0.529. The number of guanidine groups is 1. The zero-order chi connectivity index (χ0) is 19.1. The molecule has 25 heavy (non-hydrogen) atoms. The average molecular weight is 358 g/mol. The quantitative estimate of drug-likeness (QED) is 0.541. The number of halogens is 3. The molecule has 0 atom stereocenters. The van der Waals surface area contributed by atoms with E-state index in [4.69, 9.17) is 0 Å². The van der Waals surface area contributed by atoms with Crippen LogP contribution in [0.1, 0.15) is 31.9 Å². The molecule has 1 aromatic rings. The normalized spacial score (nSPS) is 12.7. The van der Waals surface area contributed by atoms with Crippen molar-refractivity contribution in [2.45, 2.75) is 33.5 Å². The SMILES string of the molecule is CCNC(=O)C(C)(C)CNC(=NC)NCc1ccc(C(F)(F)F)cc1. The summed E-state index contributed by atoms with van der Waals surface area (Å²) < 4.78 is 37.6. The third kappa shape index (κ3) is 6.64. The summed E-state index contributed by atoms with van der Waals surface area (Å²) in [5.41, 5.74) is -0.608. The van der Waals surface area contributed by atoms with E-state index in [0.29, 0.717) is 31.2 Å². The van der Waals surface area contributed by atoms with Crippen LogP contribution in [0.3, 0.4) is 0 Å². The van der Waals surface area contributed by atoms with Crippen LogP contribution in [-0.4, -0.2) is 32.0 Å². The minimum absolute atomic E-state index is 0.0688. The molecule has 0 aliphatic carbocycles. The molecule has 140 valence electrons. The van der Waals surface area contributed by atoms with Gasteiger partial charge in [-0.3, -0.25) is 9.79 Å². The van der Waals surface area contributed by atoms with Crippen LogP contribution in [0.2, 0.25) is 0 Å². The van der Waals surface area contributed by atoms with Crippen LogP contribution in [0.15, 0.2) is 29.3 Å². The molecule has 0 saturated carbocycles.